The molecule has 1 fully saturated rings. The number of aliphatic imine (C=N–C) groups is 1. The summed E-state index contributed by atoms with van der Waals surface area (Å²) in [5.41, 5.74) is 0.743. The molecule has 0 bridgehead atoms. The molecule has 0 atom stereocenters. The lowest BCUT2D eigenvalue weighted by atomic mass is 9.97. The van der Waals surface area contributed by atoms with E-state index in [9.17, 15) is 4.79 Å². The predicted molar refractivity (Wildman–Crippen MR) is 136 cm³/mol. The topological polar surface area (TPSA) is 84.4 Å². The van der Waals surface area contributed by atoms with Crippen molar-refractivity contribution in [3.63, 3.8) is 0 Å². The number of hydrogen-bond donors (Lipinski definition) is 2. The molecule has 2 heterocycles. The van der Waals surface area contributed by atoms with Crippen LogP contribution < -0.4 is 20.1 Å². The molecule has 0 unspecified atom stereocenters. The van der Waals surface area contributed by atoms with Gasteiger partial charge in [-0.1, -0.05) is 6.07 Å². The molecular weight excluding hydrogens is 523 g/mol. The number of nitrogens with one attached hydrogen (secondary N) is 2. The van der Waals surface area contributed by atoms with E-state index in [2.05, 4.69) is 23.6 Å². The summed E-state index contributed by atoms with van der Waals surface area (Å²) in [7, 11) is 0. The molecule has 2 aliphatic heterocycles. The van der Waals surface area contributed by atoms with Gasteiger partial charge in [0.05, 0.1) is 0 Å². The van der Waals surface area contributed by atoms with Gasteiger partial charge >= 0.3 is 6.09 Å². The molecule has 0 spiro atoms. The van der Waals surface area contributed by atoms with Gasteiger partial charge < -0.3 is 29.7 Å². The maximum atomic E-state index is 12.2. The molecule has 0 saturated carbocycles. The summed E-state index contributed by atoms with van der Waals surface area (Å²) in [5.74, 6) is 2.93. The van der Waals surface area contributed by atoms with Gasteiger partial charge in [0, 0.05) is 32.7 Å². The second kappa shape index (κ2) is 12.4. The van der Waals surface area contributed by atoms with Crippen LogP contribution >= 0.6 is 24.0 Å². The summed E-state index contributed by atoms with van der Waals surface area (Å²) in [6.07, 6.45) is 2.54. The van der Waals surface area contributed by atoms with Crippen molar-refractivity contribution in [2.24, 2.45) is 10.9 Å². The third-order valence-corrected chi connectivity index (χ3v) is 5.26. The second-order valence-corrected chi connectivity index (χ2v) is 8.99. The lowest BCUT2D eigenvalue weighted by Gasteiger charge is -2.33. The van der Waals surface area contributed by atoms with Gasteiger partial charge in [0.15, 0.2) is 17.5 Å². The molecule has 32 heavy (non-hydrogen) atoms. The van der Waals surface area contributed by atoms with Crippen molar-refractivity contribution < 1.29 is 19.0 Å². The Hall–Kier alpha value is -1.91. The van der Waals surface area contributed by atoms with E-state index in [1.165, 1.54) is 5.56 Å². The number of nitrogens with zero attached hydrogens (tertiary/aromatic N) is 2. The third kappa shape index (κ3) is 8.22. The Morgan fingerprint density at radius 1 is 1.19 bits per heavy atom. The van der Waals surface area contributed by atoms with Crippen LogP contribution in [0.15, 0.2) is 23.2 Å². The standard InChI is InChI=1S/C23H36N4O4.HI/c1-5-24-21(25-11-8-17-6-7-19-20(14-17)30-16-29-19)26-15-18-9-12-27(13-10-18)22(28)31-23(2,3)4;/h6-7,14,18H,5,8-13,15-16H2,1-4H3,(H2,24,25,26);1H. The number of rotatable bonds is 6. The van der Waals surface area contributed by atoms with E-state index in [1.54, 1.807) is 4.90 Å². The normalized spacial score (nSPS) is 16.4. The number of halogens is 1. The highest BCUT2D eigenvalue weighted by Gasteiger charge is 2.26. The minimum Gasteiger partial charge on any atom is -0.454 e. The number of carbonyl (C=O) groups is 1. The lowest BCUT2D eigenvalue weighted by molar-refractivity contribution is 0.0187. The monoisotopic (exact) mass is 560 g/mol. The third-order valence-electron chi connectivity index (χ3n) is 5.26. The van der Waals surface area contributed by atoms with Crippen LogP contribution in [0, 0.1) is 5.92 Å². The molecule has 2 aliphatic rings. The Labute approximate surface area is 208 Å². The fraction of sp³-hybridized carbons (Fsp3) is 0.652. The zero-order valence-electron chi connectivity index (χ0n) is 19.6. The number of hydrogen-bond acceptors (Lipinski definition) is 5. The maximum absolute atomic E-state index is 12.2. The van der Waals surface area contributed by atoms with E-state index in [4.69, 9.17) is 19.2 Å². The van der Waals surface area contributed by atoms with Gasteiger partial charge in [-0.3, -0.25) is 4.99 Å². The van der Waals surface area contributed by atoms with E-state index in [0.717, 1.165) is 69.4 Å². The number of benzene rings is 1. The average molecular weight is 560 g/mol. The largest absolute Gasteiger partial charge is 0.454 e. The molecule has 9 heteroatoms. The Bertz CT molecular complexity index is 774. The molecule has 1 aromatic rings. The molecule has 2 N–H and O–H groups in total. The van der Waals surface area contributed by atoms with Crippen molar-refractivity contribution in [1.29, 1.82) is 0 Å². The summed E-state index contributed by atoms with van der Waals surface area (Å²) in [6, 6.07) is 6.06. The first kappa shape index (κ1) is 26.3. The van der Waals surface area contributed by atoms with Gasteiger partial charge in [0.2, 0.25) is 6.79 Å². The van der Waals surface area contributed by atoms with Gasteiger partial charge in [0.25, 0.3) is 0 Å². The first-order valence-electron chi connectivity index (χ1n) is 11.2. The van der Waals surface area contributed by atoms with Crippen LogP contribution in [0.5, 0.6) is 11.5 Å². The molecule has 0 aliphatic carbocycles. The van der Waals surface area contributed by atoms with Gasteiger partial charge in [-0.25, -0.2) is 4.79 Å². The number of fused-ring (bicyclic) bond motifs is 1. The highest BCUT2D eigenvalue weighted by molar-refractivity contribution is 14.0. The molecule has 1 aromatic carbocycles. The molecule has 1 saturated heterocycles. The molecule has 8 nitrogen and oxygen atoms in total. The molecule has 0 radical (unpaired) electrons. The van der Waals surface area contributed by atoms with Crippen LogP contribution in [0.1, 0.15) is 46.1 Å². The van der Waals surface area contributed by atoms with Crippen LogP contribution in [-0.4, -0.2) is 62.1 Å². The highest BCUT2D eigenvalue weighted by atomic mass is 127. The van der Waals surface area contributed by atoms with Crippen LogP contribution in [0.2, 0.25) is 0 Å². The van der Waals surface area contributed by atoms with Gasteiger partial charge in [-0.05, 0) is 70.6 Å². The minimum atomic E-state index is -0.453. The Morgan fingerprint density at radius 3 is 2.59 bits per heavy atom. The Kier molecular flexibility index (Phi) is 10.2. The fourth-order valence-electron chi connectivity index (χ4n) is 3.61. The Morgan fingerprint density at radius 2 is 1.91 bits per heavy atom. The summed E-state index contributed by atoms with van der Waals surface area (Å²) in [6.45, 7) is 11.8. The first-order chi connectivity index (χ1) is 14.8. The Balaban J connectivity index is 0.00000363. The predicted octanol–water partition coefficient (Wildman–Crippen LogP) is 3.78. The van der Waals surface area contributed by atoms with Crippen molar-refractivity contribution in [3.05, 3.63) is 23.8 Å². The summed E-state index contributed by atoms with van der Waals surface area (Å²) < 4.78 is 16.3. The van der Waals surface area contributed by atoms with Crippen LogP contribution in [-0.2, 0) is 11.2 Å². The van der Waals surface area contributed by atoms with Crippen molar-refractivity contribution in [2.45, 2.75) is 52.6 Å². The molecule has 3 rings (SSSR count). The lowest BCUT2D eigenvalue weighted by Crippen LogP contribution is -2.42. The zero-order valence-corrected chi connectivity index (χ0v) is 21.9. The average Bonchev–Trinajstić information content (AvgIpc) is 3.19. The smallest absolute Gasteiger partial charge is 0.410 e. The van der Waals surface area contributed by atoms with Gasteiger partial charge in [-0.2, -0.15) is 0 Å². The van der Waals surface area contributed by atoms with Gasteiger partial charge in [-0.15, -0.1) is 24.0 Å². The number of likely N-dealkylation sites (tertiary alicyclic amines) is 1. The summed E-state index contributed by atoms with van der Waals surface area (Å²) >= 11 is 0. The van der Waals surface area contributed by atoms with E-state index in [1.807, 2.05) is 32.9 Å². The van der Waals surface area contributed by atoms with Crippen LogP contribution in [0.3, 0.4) is 0 Å². The molecule has 1 amide bonds. The fourth-order valence-corrected chi connectivity index (χ4v) is 3.61. The van der Waals surface area contributed by atoms with Gasteiger partial charge in [0.1, 0.15) is 5.60 Å². The number of piperidine rings is 1. The van der Waals surface area contributed by atoms with Crippen molar-refractivity contribution in [2.75, 3.05) is 39.5 Å². The van der Waals surface area contributed by atoms with Crippen molar-refractivity contribution in [1.82, 2.24) is 15.5 Å². The van der Waals surface area contributed by atoms with Crippen molar-refractivity contribution >= 4 is 36.0 Å². The zero-order chi connectivity index (χ0) is 22.3. The SMILES string of the molecule is CCNC(=NCC1CCN(C(=O)OC(C)(C)C)CC1)NCCc1ccc2c(c1)OCO2.I. The van der Waals surface area contributed by atoms with Crippen molar-refractivity contribution in [3.8, 4) is 11.5 Å². The van der Waals surface area contributed by atoms with Crippen LogP contribution in [0.4, 0.5) is 4.79 Å². The van der Waals surface area contributed by atoms with E-state index in [-0.39, 0.29) is 30.1 Å². The first-order valence-corrected chi connectivity index (χ1v) is 11.2. The molecule has 180 valence electrons. The van der Waals surface area contributed by atoms with E-state index in [0.29, 0.717) is 12.7 Å². The maximum Gasteiger partial charge on any atom is 0.410 e. The summed E-state index contributed by atoms with van der Waals surface area (Å²) in [5, 5.41) is 6.72. The second-order valence-electron chi connectivity index (χ2n) is 8.99. The quantitative estimate of drug-likeness (QED) is 0.313. The van der Waals surface area contributed by atoms with E-state index < -0.39 is 5.60 Å². The number of guanidine groups is 1. The summed E-state index contributed by atoms with van der Waals surface area (Å²) in [4.78, 5) is 18.8. The molecular formula is C23H37IN4O4. The van der Waals surface area contributed by atoms with Crippen LogP contribution in [0.25, 0.3) is 0 Å². The highest BCUT2D eigenvalue weighted by Crippen LogP contribution is 2.32. The number of amides is 1. The number of ether oxygens (including phenoxy) is 3. The number of carbonyl (C=O) groups excluding carboxylic acids is 1. The minimum absolute atomic E-state index is 0. The van der Waals surface area contributed by atoms with E-state index >= 15 is 0 Å². The molecule has 0 aromatic heterocycles.